The Labute approximate surface area is 116 Å². The summed E-state index contributed by atoms with van der Waals surface area (Å²) in [5, 5.41) is 20.6. The fourth-order valence-corrected chi connectivity index (χ4v) is 1.32. The zero-order valence-electron chi connectivity index (χ0n) is 11.3. The van der Waals surface area contributed by atoms with Gasteiger partial charge in [-0.15, -0.1) is 0 Å². The number of rotatable bonds is 11. The largest absolute Gasteiger partial charge is 0.550 e. The normalized spacial score (nSPS) is 13.5. The minimum atomic E-state index is -1.24. The first-order valence-corrected chi connectivity index (χ1v) is 6.35. The summed E-state index contributed by atoms with van der Waals surface area (Å²) in [6, 6.07) is -1.52. The summed E-state index contributed by atoms with van der Waals surface area (Å²) in [5.41, 5.74) is 9.31. The molecule has 116 valence electrons. The van der Waals surface area contributed by atoms with Crippen molar-refractivity contribution in [3.63, 3.8) is 0 Å². The summed E-state index contributed by atoms with van der Waals surface area (Å²) >= 11 is 0. The second kappa shape index (κ2) is 10.1. The van der Waals surface area contributed by atoms with Crippen molar-refractivity contribution >= 4 is 17.9 Å². The molecule has 0 radical (unpaired) electrons. The zero-order valence-corrected chi connectivity index (χ0v) is 11.3. The zero-order chi connectivity index (χ0) is 15.5. The molecule has 0 fully saturated rings. The summed E-state index contributed by atoms with van der Waals surface area (Å²) in [6.07, 6.45) is 1.40. The molecule has 0 aromatic carbocycles. The van der Waals surface area contributed by atoms with E-state index >= 15 is 0 Å². The first-order valence-electron chi connectivity index (χ1n) is 6.35. The predicted molar refractivity (Wildman–Crippen MR) is 60.5 cm³/mol. The lowest BCUT2D eigenvalue weighted by atomic mass is 10.1. The second-order valence-corrected chi connectivity index (χ2v) is 4.43. The van der Waals surface area contributed by atoms with Gasteiger partial charge < -0.3 is 36.1 Å². The van der Waals surface area contributed by atoms with Crippen molar-refractivity contribution < 1.29 is 40.9 Å². The van der Waals surface area contributed by atoms with Crippen LogP contribution >= 0.6 is 0 Å². The standard InChI is InChI=1S/C11H21N3O6/c12-7(10(17)18)3-1-2-6-14-20-11(19)8(13)4-5-9(15)16/h7-8,14H,1-6,12-13H2,(H,15,16)(H,17,18)/t7-,8-/m0/s1. The molecule has 0 bridgehead atoms. The van der Waals surface area contributed by atoms with Gasteiger partial charge in [0.1, 0.15) is 6.04 Å². The van der Waals surface area contributed by atoms with Crippen LogP contribution in [0.25, 0.3) is 0 Å². The van der Waals surface area contributed by atoms with E-state index in [-0.39, 0.29) is 12.8 Å². The van der Waals surface area contributed by atoms with Gasteiger partial charge in [-0.2, -0.15) is 5.48 Å². The van der Waals surface area contributed by atoms with E-state index < -0.39 is 30.0 Å². The van der Waals surface area contributed by atoms with E-state index in [9.17, 15) is 24.6 Å². The van der Waals surface area contributed by atoms with E-state index in [1.807, 2.05) is 0 Å². The molecule has 0 amide bonds. The molecule has 0 rings (SSSR count). The van der Waals surface area contributed by atoms with Gasteiger partial charge in [0.25, 0.3) is 0 Å². The van der Waals surface area contributed by atoms with E-state index in [1.54, 1.807) is 0 Å². The maximum atomic E-state index is 11.3. The summed E-state index contributed by atoms with van der Waals surface area (Å²) in [5.74, 6) is -3.07. The summed E-state index contributed by atoms with van der Waals surface area (Å²) < 4.78 is 0. The molecule has 2 atom stereocenters. The Morgan fingerprint density at radius 3 is 2.25 bits per heavy atom. The number of hydrogen-bond acceptors (Lipinski definition) is 7. The van der Waals surface area contributed by atoms with Crippen molar-refractivity contribution in [2.24, 2.45) is 0 Å². The summed E-state index contributed by atoms with van der Waals surface area (Å²) in [4.78, 5) is 36.6. The number of carbonyl (C=O) groups excluding carboxylic acids is 3. The molecule has 0 aliphatic carbocycles. The molecular formula is C11H21N3O6. The molecular weight excluding hydrogens is 270 g/mol. The van der Waals surface area contributed by atoms with Crippen LogP contribution in [0.1, 0.15) is 32.1 Å². The van der Waals surface area contributed by atoms with Gasteiger partial charge in [0.15, 0.2) is 6.04 Å². The van der Waals surface area contributed by atoms with Crippen molar-refractivity contribution in [3.05, 3.63) is 0 Å². The molecule has 9 heteroatoms. The first-order chi connectivity index (χ1) is 9.34. The Kier molecular flexibility index (Phi) is 9.26. The molecule has 0 aliphatic heterocycles. The quantitative estimate of drug-likeness (QED) is 0.251. The minimum absolute atomic E-state index is 0.0532. The van der Waals surface area contributed by atoms with Gasteiger partial charge in [-0.3, -0.25) is 0 Å². The Bertz CT molecular complexity index is 336. The highest BCUT2D eigenvalue weighted by molar-refractivity contribution is 5.74. The van der Waals surface area contributed by atoms with Gasteiger partial charge in [0, 0.05) is 25.4 Å². The van der Waals surface area contributed by atoms with Crippen molar-refractivity contribution in [2.45, 2.75) is 44.2 Å². The molecule has 0 saturated carbocycles. The summed E-state index contributed by atoms with van der Waals surface area (Å²) in [6.45, 7) is 0.360. The third-order valence-corrected chi connectivity index (χ3v) is 2.62. The molecule has 0 aromatic rings. The third-order valence-electron chi connectivity index (χ3n) is 2.62. The van der Waals surface area contributed by atoms with Gasteiger partial charge in [-0.25, -0.2) is 4.79 Å². The van der Waals surface area contributed by atoms with Crippen molar-refractivity contribution in [1.82, 2.24) is 5.48 Å². The van der Waals surface area contributed by atoms with Gasteiger partial charge in [0.05, 0.1) is 5.97 Å². The maximum Gasteiger partial charge on any atom is 0.383 e. The highest BCUT2D eigenvalue weighted by Crippen LogP contribution is 1.97. The molecule has 0 heterocycles. The average Bonchev–Trinajstić information content (AvgIpc) is 2.38. The molecule has 7 N–H and O–H groups in total. The van der Waals surface area contributed by atoms with Crippen molar-refractivity contribution in [3.8, 4) is 0 Å². The fourth-order valence-electron chi connectivity index (χ4n) is 1.32. The van der Waals surface area contributed by atoms with E-state index in [2.05, 4.69) is 21.8 Å². The van der Waals surface area contributed by atoms with Crippen LogP contribution < -0.4 is 27.2 Å². The monoisotopic (exact) mass is 291 g/mol. The number of carbonyl (C=O) groups is 3. The number of carboxylic acids is 2. The number of hydroxylamine groups is 1. The van der Waals surface area contributed by atoms with Crippen LogP contribution in [0, 0.1) is 0 Å². The Morgan fingerprint density at radius 2 is 1.70 bits per heavy atom. The maximum absolute atomic E-state index is 11.3. The number of carboxylic acid groups (broad SMARTS) is 2. The number of aliphatic carboxylic acids is 2. The second-order valence-electron chi connectivity index (χ2n) is 4.43. The minimum Gasteiger partial charge on any atom is -0.550 e. The summed E-state index contributed by atoms with van der Waals surface area (Å²) in [7, 11) is 0. The van der Waals surface area contributed by atoms with Gasteiger partial charge in [0.2, 0.25) is 0 Å². The van der Waals surface area contributed by atoms with Crippen LogP contribution in [-0.2, 0) is 19.2 Å². The Balaban J connectivity index is 3.57. The number of nitrogens with one attached hydrogen (secondary N) is 1. The first kappa shape index (κ1) is 18.3. The fraction of sp³-hybridized carbons (Fsp3) is 0.727. The molecule has 0 aliphatic rings. The predicted octanol–water partition coefficient (Wildman–Crippen LogP) is -5.29. The van der Waals surface area contributed by atoms with Crippen LogP contribution in [0.3, 0.4) is 0 Å². The van der Waals surface area contributed by atoms with Gasteiger partial charge >= 0.3 is 5.97 Å². The van der Waals surface area contributed by atoms with Crippen molar-refractivity contribution in [2.75, 3.05) is 6.54 Å². The topological polar surface area (TPSA) is 174 Å². The molecule has 0 saturated heterocycles. The van der Waals surface area contributed by atoms with E-state index in [0.717, 1.165) is 0 Å². The Hall–Kier alpha value is -1.71. The van der Waals surface area contributed by atoms with Crippen LogP contribution in [0.4, 0.5) is 0 Å². The molecule has 0 unspecified atom stereocenters. The highest BCUT2D eigenvalue weighted by atomic mass is 16.7. The number of quaternary nitrogens is 2. The average molecular weight is 291 g/mol. The van der Waals surface area contributed by atoms with Crippen LogP contribution in [-0.4, -0.2) is 36.5 Å². The SMILES string of the molecule is [NH3+][C@@H](CCCCNOC(=O)[C@@H]([NH3+])CCC(=O)[O-])C(=O)[O-]. The van der Waals surface area contributed by atoms with E-state index in [4.69, 9.17) is 0 Å². The smallest absolute Gasteiger partial charge is 0.383 e. The molecule has 0 spiro atoms. The van der Waals surface area contributed by atoms with Gasteiger partial charge in [-0.1, -0.05) is 0 Å². The Morgan fingerprint density at radius 1 is 1.05 bits per heavy atom. The molecule has 20 heavy (non-hydrogen) atoms. The number of hydrogen-bond donors (Lipinski definition) is 3. The lowest BCUT2D eigenvalue weighted by Gasteiger charge is -2.10. The van der Waals surface area contributed by atoms with Gasteiger partial charge in [-0.05, 0) is 19.3 Å². The van der Waals surface area contributed by atoms with E-state index in [0.29, 0.717) is 25.8 Å². The van der Waals surface area contributed by atoms with Crippen LogP contribution in [0.15, 0.2) is 0 Å². The highest BCUT2D eigenvalue weighted by Gasteiger charge is 2.18. The van der Waals surface area contributed by atoms with Crippen LogP contribution in [0.5, 0.6) is 0 Å². The number of unbranched alkanes of at least 4 members (excludes halogenated alkanes) is 1. The van der Waals surface area contributed by atoms with Crippen molar-refractivity contribution in [1.29, 1.82) is 0 Å². The van der Waals surface area contributed by atoms with Crippen LogP contribution in [0.2, 0.25) is 0 Å². The van der Waals surface area contributed by atoms with E-state index in [1.165, 1.54) is 0 Å². The lowest BCUT2D eigenvalue weighted by molar-refractivity contribution is -0.438. The lowest BCUT2D eigenvalue weighted by Crippen LogP contribution is -2.68. The third kappa shape index (κ3) is 9.25. The molecule has 0 aromatic heterocycles. The molecule has 9 nitrogen and oxygen atoms in total.